The van der Waals surface area contributed by atoms with Crippen LogP contribution < -0.4 is 4.74 Å². The van der Waals surface area contributed by atoms with E-state index in [1.165, 1.54) is 21.9 Å². The van der Waals surface area contributed by atoms with Crippen molar-refractivity contribution in [2.24, 2.45) is 0 Å². The number of nitrogens with zero attached hydrogens (tertiary/aromatic N) is 4. The van der Waals surface area contributed by atoms with E-state index in [9.17, 15) is 0 Å². The molecule has 248 valence electrons. The van der Waals surface area contributed by atoms with Crippen molar-refractivity contribution >= 4 is 65.5 Å². The molecule has 0 amide bonds. The number of para-hydroxylation sites is 2. The molecule has 6 heteroatoms. The minimum absolute atomic E-state index is 0. The minimum Gasteiger partial charge on any atom is -0.503 e. The molecule has 0 saturated carbocycles. The zero-order chi connectivity index (χ0) is 33.8. The third kappa shape index (κ3) is 4.26. The summed E-state index contributed by atoms with van der Waals surface area (Å²) in [5, 5.41) is 7.73. The molecule has 0 saturated heterocycles. The normalized spacial score (nSPS) is 11.9. The number of fused-ring (bicyclic) bond motifs is 12. The summed E-state index contributed by atoms with van der Waals surface area (Å²) in [5.74, 6) is 1.22. The van der Waals surface area contributed by atoms with Gasteiger partial charge in [-0.15, -0.1) is 29.7 Å². The molecule has 0 aliphatic rings. The number of benzene rings is 6. The minimum atomic E-state index is 0. The summed E-state index contributed by atoms with van der Waals surface area (Å²) < 4.78 is 11.1. The molecule has 0 atom stereocenters. The van der Waals surface area contributed by atoms with Gasteiger partial charge in [-0.2, -0.15) is 6.07 Å². The number of ether oxygens (including phenoxy) is 1. The molecule has 5 nitrogen and oxygen atoms in total. The van der Waals surface area contributed by atoms with Gasteiger partial charge >= 0.3 is 21.1 Å². The molecule has 0 bridgehead atoms. The van der Waals surface area contributed by atoms with Crippen LogP contribution in [-0.2, 0) is 21.1 Å². The number of rotatable bonds is 4. The van der Waals surface area contributed by atoms with Crippen molar-refractivity contribution in [1.82, 2.24) is 18.8 Å². The maximum atomic E-state index is 6.62. The Morgan fingerprint density at radius 2 is 1.19 bits per heavy atom. The maximum Gasteiger partial charge on any atom is 2.00 e. The first-order chi connectivity index (χ1) is 25.1. The van der Waals surface area contributed by atoms with E-state index in [2.05, 4.69) is 144 Å². The Labute approximate surface area is 313 Å². The van der Waals surface area contributed by atoms with Crippen LogP contribution in [0.5, 0.6) is 11.5 Å². The Bertz CT molecular complexity index is 3210. The van der Waals surface area contributed by atoms with E-state index in [0.29, 0.717) is 11.5 Å². The molecule has 52 heavy (non-hydrogen) atoms. The second kappa shape index (κ2) is 11.5. The van der Waals surface area contributed by atoms with Crippen LogP contribution in [-0.4, -0.2) is 18.8 Å². The third-order valence-electron chi connectivity index (χ3n) is 10.4. The number of imidazole rings is 1. The van der Waals surface area contributed by atoms with Gasteiger partial charge < -0.3 is 13.5 Å². The van der Waals surface area contributed by atoms with E-state index in [4.69, 9.17) is 14.7 Å². The van der Waals surface area contributed by atoms with E-state index in [1.54, 1.807) is 0 Å². The number of hydrogen-bond donors (Lipinski definition) is 0. The zero-order valence-electron chi connectivity index (χ0n) is 28.2. The van der Waals surface area contributed by atoms with E-state index < -0.39 is 0 Å². The molecule has 0 aliphatic carbocycles. The summed E-state index contributed by atoms with van der Waals surface area (Å²) in [6, 6.07) is 51.7. The Kier molecular flexibility index (Phi) is 6.80. The fourth-order valence-electron chi connectivity index (χ4n) is 8.13. The second-order valence-corrected chi connectivity index (χ2v) is 13.3. The fourth-order valence-corrected chi connectivity index (χ4v) is 8.13. The first kappa shape index (κ1) is 30.8. The number of pyridine rings is 2. The predicted molar refractivity (Wildman–Crippen MR) is 207 cm³/mol. The van der Waals surface area contributed by atoms with E-state index in [1.807, 2.05) is 24.4 Å². The molecule has 5 aromatic heterocycles. The van der Waals surface area contributed by atoms with Gasteiger partial charge in [0.15, 0.2) is 0 Å². The Morgan fingerprint density at radius 3 is 2.00 bits per heavy atom. The summed E-state index contributed by atoms with van der Waals surface area (Å²) >= 11 is 0. The molecule has 6 aromatic carbocycles. The number of aromatic nitrogens is 4. The van der Waals surface area contributed by atoms with Crippen molar-refractivity contribution < 1.29 is 25.8 Å². The second-order valence-electron chi connectivity index (χ2n) is 13.3. The van der Waals surface area contributed by atoms with Gasteiger partial charge in [-0.25, -0.2) is 4.98 Å². The number of hydrogen-bond acceptors (Lipinski definition) is 3. The molecule has 0 fully saturated rings. The van der Waals surface area contributed by atoms with Crippen molar-refractivity contribution in [1.29, 1.82) is 0 Å². The van der Waals surface area contributed by atoms with Crippen molar-refractivity contribution in [2.45, 2.75) is 13.8 Å². The van der Waals surface area contributed by atoms with Gasteiger partial charge in [0.25, 0.3) is 0 Å². The van der Waals surface area contributed by atoms with Crippen LogP contribution in [0.25, 0.3) is 88.1 Å². The van der Waals surface area contributed by atoms with E-state index >= 15 is 0 Å². The van der Waals surface area contributed by atoms with Gasteiger partial charge in [-0.1, -0.05) is 107 Å². The van der Waals surface area contributed by atoms with Gasteiger partial charge in [0.2, 0.25) is 0 Å². The molecule has 0 radical (unpaired) electrons. The van der Waals surface area contributed by atoms with Crippen molar-refractivity contribution in [3.8, 4) is 34.0 Å². The van der Waals surface area contributed by atoms with Crippen LogP contribution in [0.4, 0.5) is 0 Å². The molecular weight excluding hydrogens is 820 g/mol. The zero-order valence-corrected chi connectivity index (χ0v) is 30.5. The summed E-state index contributed by atoms with van der Waals surface area (Å²) in [4.78, 5) is 10.2. The van der Waals surface area contributed by atoms with Gasteiger partial charge in [0.1, 0.15) is 5.65 Å². The van der Waals surface area contributed by atoms with Crippen LogP contribution in [0.1, 0.15) is 11.1 Å². The van der Waals surface area contributed by atoms with Crippen LogP contribution in [0, 0.1) is 26.0 Å². The first-order valence-electron chi connectivity index (χ1n) is 17.2. The SMILES string of the molecule is Cc1ccccc1-c1nc2c3[c-]c(Oc4[c-]c5c(cc4)c4cccc6c7cccnc7n5c46)ccc3c3ccccc3n2c1-c1ccccc1C.[Pt+2]. The molecule has 11 rings (SSSR count). The standard InChI is InChI=1S/C46H28N4O.Pt/c1-27-11-3-5-13-31(27)42-44(32-14-6-4-12-28(32)2)49-40-19-8-7-15-34(40)33-22-20-29(25-39(33)46(49)48-42)51-30-21-23-35-36-16-9-17-37-38-18-10-24-47-45(38)50(43(36)37)41(35)26-30;/h3-24H,1-2H3;/q-2;+2. The van der Waals surface area contributed by atoms with Crippen molar-refractivity contribution in [3.63, 3.8) is 0 Å². The van der Waals surface area contributed by atoms with Crippen LogP contribution in [0.3, 0.4) is 0 Å². The maximum absolute atomic E-state index is 6.62. The predicted octanol–water partition coefficient (Wildman–Crippen LogP) is 11.5. The van der Waals surface area contributed by atoms with Gasteiger partial charge in [-0.3, -0.25) is 4.98 Å². The topological polar surface area (TPSA) is 43.8 Å². The number of aryl methyl sites for hydroxylation is 2. The monoisotopic (exact) mass is 847 g/mol. The van der Waals surface area contributed by atoms with Crippen molar-refractivity contribution in [3.05, 3.63) is 157 Å². The summed E-state index contributed by atoms with van der Waals surface area (Å²) in [7, 11) is 0. The Hall–Kier alpha value is -6.03. The molecular formula is C46H28N4OPt. The average Bonchev–Trinajstić information content (AvgIpc) is 3.83. The molecule has 5 heterocycles. The smallest absolute Gasteiger partial charge is 0.503 e. The quantitative estimate of drug-likeness (QED) is 0.131. The van der Waals surface area contributed by atoms with E-state index in [0.717, 1.165) is 77.3 Å². The molecule has 11 aromatic rings. The van der Waals surface area contributed by atoms with Crippen LogP contribution in [0.2, 0.25) is 0 Å². The molecule has 0 N–H and O–H groups in total. The van der Waals surface area contributed by atoms with Crippen LogP contribution >= 0.6 is 0 Å². The Balaban J connectivity index is 0.00000338. The summed E-state index contributed by atoms with van der Waals surface area (Å²) in [6.07, 6.45) is 1.85. The molecule has 0 spiro atoms. The van der Waals surface area contributed by atoms with Gasteiger partial charge in [0, 0.05) is 50.6 Å². The largest absolute Gasteiger partial charge is 2.00 e. The summed E-state index contributed by atoms with van der Waals surface area (Å²) in [5.41, 5.74) is 11.6. The average molecular weight is 848 g/mol. The van der Waals surface area contributed by atoms with Gasteiger partial charge in [0.05, 0.1) is 17.0 Å². The first-order valence-corrected chi connectivity index (χ1v) is 17.2. The third-order valence-corrected chi connectivity index (χ3v) is 10.4. The summed E-state index contributed by atoms with van der Waals surface area (Å²) in [6.45, 7) is 4.32. The van der Waals surface area contributed by atoms with Crippen molar-refractivity contribution in [2.75, 3.05) is 0 Å². The van der Waals surface area contributed by atoms with E-state index in [-0.39, 0.29) is 21.1 Å². The Morgan fingerprint density at radius 1 is 0.538 bits per heavy atom. The van der Waals surface area contributed by atoms with Crippen LogP contribution in [0.15, 0.2) is 134 Å². The molecule has 0 unspecified atom stereocenters. The fraction of sp³-hybridized carbons (Fsp3) is 0.0435. The molecule has 0 aliphatic heterocycles. The van der Waals surface area contributed by atoms with Gasteiger partial charge in [-0.05, 0) is 53.9 Å².